The predicted octanol–water partition coefficient (Wildman–Crippen LogP) is 1.10. The largest absolute Gasteiger partial charge is 0.395 e. The number of amides is 1. The van der Waals surface area contributed by atoms with E-state index in [0.717, 1.165) is 18.5 Å². The second kappa shape index (κ2) is 7.00. The van der Waals surface area contributed by atoms with Gasteiger partial charge in [0.1, 0.15) is 0 Å². The molecule has 1 aromatic rings. The number of nitrogens with zero attached hydrogens (tertiary/aromatic N) is 1. The molecule has 1 amide bonds. The molecule has 0 saturated heterocycles. The van der Waals surface area contributed by atoms with Crippen LogP contribution in [0.2, 0.25) is 0 Å². The molecule has 1 heterocycles. The Morgan fingerprint density at radius 1 is 1.56 bits per heavy atom. The molecule has 0 aliphatic carbocycles. The number of nitrogens with one attached hydrogen (secondary N) is 2. The Morgan fingerprint density at radius 2 is 2.28 bits per heavy atom. The number of ether oxygens (including phenoxy) is 1. The van der Waals surface area contributed by atoms with Gasteiger partial charge < -0.3 is 15.8 Å². The third-order valence-electron chi connectivity index (χ3n) is 2.60. The number of rotatable bonds is 7. The van der Waals surface area contributed by atoms with E-state index in [0.29, 0.717) is 18.8 Å². The number of nitrogens with two attached hydrogens (primary N) is 1. The second-order valence-corrected chi connectivity index (χ2v) is 4.19. The summed E-state index contributed by atoms with van der Waals surface area (Å²) in [5.41, 5.74) is 7.40. The van der Waals surface area contributed by atoms with Crippen molar-refractivity contribution in [1.29, 1.82) is 0 Å². The minimum absolute atomic E-state index is 0.0192. The number of anilines is 1. The topological polar surface area (TPSA) is 93.0 Å². The summed E-state index contributed by atoms with van der Waals surface area (Å²) in [7, 11) is 0. The fraction of sp³-hybridized carbons (Fsp3) is 0.667. The number of carbonyl (C=O) groups excluding carboxylic acids is 1. The van der Waals surface area contributed by atoms with Gasteiger partial charge >= 0.3 is 0 Å². The van der Waals surface area contributed by atoms with Crippen LogP contribution in [0.15, 0.2) is 0 Å². The van der Waals surface area contributed by atoms with E-state index in [1.807, 2.05) is 20.8 Å². The van der Waals surface area contributed by atoms with Crippen LogP contribution in [0.5, 0.6) is 0 Å². The first kappa shape index (κ1) is 14.5. The molecule has 6 nitrogen and oxygen atoms in total. The number of aromatic amines is 1. The summed E-state index contributed by atoms with van der Waals surface area (Å²) in [6.07, 6.45) is 1.73. The molecule has 0 fully saturated rings. The predicted molar refractivity (Wildman–Crippen MR) is 70.4 cm³/mol. The lowest BCUT2D eigenvalue weighted by Gasteiger charge is -2.11. The van der Waals surface area contributed by atoms with E-state index < -0.39 is 0 Å². The van der Waals surface area contributed by atoms with Gasteiger partial charge in [0.05, 0.1) is 17.5 Å². The average molecular weight is 254 g/mol. The van der Waals surface area contributed by atoms with Gasteiger partial charge in [0.25, 0.3) is 5.91 Å². The maximum atomic E-state index is 11.9. The monoisotopic (exact) mass is 254 g/mol. The highest BCUT2D eigenvalue weighted by molar-refractivity contribution is 5.97. The van der Waals surface area contributed by atoms with E-state index in [2.05, 4.69) is 15.5 Å². The molecule has 1 atom stereocenters. The lowest BCUT2D eigenvalue weighted by atomic mass is 10.2. The molecule has 0 radical (unpaired) electrons. The molecule has 1 aromatic heterocycles. The van der Waals surface area contributed by atoms with Gasteiger partial charge in [-0.2, -0.15) is 5.10 Å². The Bertz CT molecular complexity index is 389. The Balaban J connectivity index is 2.56. The Morgan fingerprint density at radius 3 is 2.89 bits per heavy atom. The van der Waals surface area contributed by atoms with Gasteiger partial charge in [-0.15, -0.1) is 0 Å². The van der Waals surface area contributed by atoms with Gasteiger partial charge in [-0.05, 0) is 20.3 Å². The average Bonchev–Trinajstić information content (AvgIpc) is 2.69. The molecular formula is C12H22N4O2. The number of H-pyrrole nitrogens is 1. The zero-order valence-corrected chi connectivity index (χ0v) is 11.2. The summed E-state index contributed by atoms with van der Waals surface area (Å²) in [6.45, 7) is 6.94. The highest BCUT2D eigenvalue weighted by Crippen LogP contribution is 2.15. The first-order chi connectivity index (χ1) is 8.60. The smallest absolute Gasteiger partial charge is 0.274 e. The zero-order valence-electron chi connectivity index (χ0n) is 11.2. The lowest BCUT2D eigenvalue weighted by Crippen LogP contribution is -2.32. The maximum Gasteiger partial charge on any atom is 0.274 e. The molecule has 0 aromatic carbocycles. The van der Waals surface area contributed by atoms with Crippen LogP contribution < -0.4 is 11.1 Å². The van der Waals surface area contributed by atoms with Crippen molar-refractivity contribution in [3.05, 3.63) is 11.4 Å². The molecule has 0 bridgehead atoms. The quantitative estimate of drug-likeness (QED) is 0.679. The van der Waals surface area contributed by atoms with Crippen LogP contribution in [0.1, 0.15) is 43.4 Å². The fourth-order valence-corrected chi connectivity index (χ4v) is 1.66. The van der Waals surface area contributed by atoms with Crippen molar-refractivity contribution >= 4 is 11.6 Å². The van der Waals surface area contributed by atoms with Gasteiger partial charge in [-0.1, -0.05) is 13.3 Å². The van der Waals surface area contributed by atoms with E-state index in [-0.39, 0.29) is 17.7 Å². The number of hydrogen-bond donors (Lipinski definition) is 3. The van der Waals surface area contributed by atoms with Crippen molar-refractivity contribution in [2.45, 2.75) is 39.7 Å². The van der Waals surface area contributed by atoms with Crippen LogP contribution >= 0.6 is 0 Å². The molecular weight excluding hydrogens is 232 g/mol. The van der Waals surface area contributed by atoms with Crippen LogP contribution in [0.3, 0.4) is 0 Å². The van der Waals surface area contributed by atoms with Gasteiger partial charge in [0, 0.05) is 13.2 Å². The first-order valence-corrected chi connectivity index (χ1v) is 6.32. The van der Waals surface area contributed by atoms with Gasteiger partial charge in [-0.25, -0.2) is 0 Å². The highest BCUT2D eigenvalue weighted by atomic mass is 16.5. The van der Waals surface area contributed by atoms with Crippen molar-refractivity contribution in [2.24, 2.45) is 0 Å². The van der Waals surface area contributed by atoms with E-state index in [4.69, 9.17) is 10.5 Å². The summed E-state index contributed by atoms with van der Waals surface area (Å²) in [6, 6.07) is 0. The zero-order chi connectivity index (χ0) is 13.5. The van der Waals surface area contributed by atoms with Crippen LogP contribution in [-0.2, 0) is 11.2 Å². The molecule has 1 unspecified atom stereocenters. The third-order valence-corrected chi connectivity index (χ3v) is 2.60. The van der Waals surface area contributed by atoms with Crippen molar-refractivity contribution in [2.75, 3.05) is 18.9 Å². The lowest BCUT2D eigenvalue weighted by molar-refractivity contribution is 0.0693. The minimum Gasteiger partial charge on any atom is -0.395 e. The molecule has 0 aliphatic heterocycles. The molecule has 0 spiro atoms. The van der Waals surface area contributed by atoms with E-state index in [1.54, 1.807) is 0 Å². The summed E-state index contributed by atoms with van der Waals surface area (Å²) in [5, 5.41) is 9.51. The van der Waals surface area contributed by atoms with Crippen molar-refractivity contribution in [1.82, 2.24) is 15.5 Å². The molecule has 102 valence electrons. The minimum atomic E-state index is -0.266. The summed E-state index contributed by atoms with van der Waals surface area (Å²) < 4.78 is 5.33. The van der Waals surface area contributed by atoms with Gasteiger partial charge in [-0.3, -0.25) is 9.89 Å². The molecule has 6 heteroatoms. The SMILES string of the molecule is CCCc1[nH]nc(C(=O)NCC(C)OCC)c1N. The molecule has 0 saturated carbocycles. The summed E-state index contributed by atoms with van der Waals surface area (Å²) in [5.74, 6) is -0.266. The normalized spacial score (nSPS) is 12.4. The third kappa shape index (κ3) is 3.73. The van der Waals surface area contributed by atoms with E-state index in [9.17, 15) is 4.79 Å². The maximum absolute atomic E-state index is 11.9. The van der Waals surface area contributed by atoms with Crippen molar-refractivity contribution < 1.29 is 9.53 Å². The standard InChI is InChI=1S/C12H22N4O2/c1-4-6-9-10(13)11(16-15-9)12(17)14-7-8(3)18-5-2/h8H,4-7,13H2,1-3H3,(H,14,17)(H,15,16). The molecule has 4 N–H and O–H groups in total. The molecule has 0 aliphatic rings. The number of nitrogen functional groups attached to an aromatic ring is 1. The number of aryl methyl sites for hydroxylation is 1. The van der Waals surface area contributed by atoms with Crippen molar-refractivity contribution in [3.8, 4) is 0 Å². The summed E-state index contributed by atoms with van der Waals surface area (Å²) >= 11 is 0. The van der Waals surface area contributed by atoms with Crippen LogP contribution in [-0.4, -0.2) is 35.4 Å². The number of carbonyl (C=O) groups is 1. The Kier molecular flexibility index (Phi) is 5.64. The molecule has 1 rings (SSSR count). The van der Waals surface area contributed by atoms with Crippen molar-refractivity contribution in [3.63, 3.8) is 0 Å². The fourth-order valence-electron chi connectivity index (χ4n) is 1.66. The van der Waals surface area contributed by atoms with Gasteiger partial charge in [0.2, 0.25) is 0 Å². The number of aromatic nitrogens is 2. The Hall–Kier alpha value is -1.56. The van der Waals surface area contributed by atoms with Gasteiger partial charge in [0.15, 0.2) is 5.69 Å². The van der Waals surface area contributed by atoms with Crippen LogP contribution in [0.4, 0.5) is 5.69 Å². The van der Waals surface area contributed by atoms with Crippen LogP contribution in [0, 0.1) is 0 Å². The van der Waals surface area contributed by atoms with Crippen LogP contribution in [0.25, 0.3) is 0 Å². The Labute approximate surface area is 107 Å². The molecule has 18 heavy (non-hydrogen) atoms. The number of hydrogen-bond acceptors (Lipinski definition) is 4. The highest BCUT2D eigenvalue weighted by Gasteiger charge is 2.17. The second-order valence-electron chi connectivity index (χ2n) is 4.19. The summed E-state index contributed by atoms with van der Waals surface area (Å²) in [4.78, 5) is 11.9. The van der Waals surface area contributed by atoms with E-state index in [1.165, 1.54) is 0 Å². The first-order valence-electron chi connectivity index (χ1n) is 6.32. The van der Waals surface area contributed by atoms with E-state index >= 15 is 0 Å².